The van der Waals surface area contributed by atoms with Gasteiger partial charge in [-0.3, -0.25) is 0 Å². The molecule has 0 fully saturated rings. The molecule has 0 aliphatic carbocycles. The van der Waals surface area contributed by atoms with Crippen LogP contribution in [0.15, 0.2) is 11.4 Å². The van der Waals surface area contributed by atoms with Crippen molar-refractivity contribution in [3.63, 3.8) is 0 Å². The lowest BCUT2D eigenvalue weighted by atomic mass is 10.1. The Morgan fingerprint density at radius 3 is 3.45 bits per heavy atom. The Kier molecular flexibility index (Phi) is 1.86. The number of rotatable bonds is 0. The van der Waals surface area contributed by atoms with Crippen molar-refractivity contribution in [2.24, 2.45) is 5.92 Å². The van der Waals surface area contributed by atoms with Crippen LogP contribution in [0.2, 0.25) is 0 Å². The number of hydrogen-bond acceptors (Lipinski definition) is 2. The Labute approximate surface area is 71.4 Å². The van der Waals surface area contributed by atoms with Crippen LogP contribution in [0.3, 0.4) is 0 Å². The third kappa shape index (κ3) is 1.41. The van der Waals surface area contributed by atoms with Gasteiger partial charge in [0.15, 0.2) is 0 Å². The Hall–Kier alpha value is -0.500. The van der Waals surface area contributed by atoms with Crippen LogP contribution >= 0.6 is 11.3 Å². The standard InChI is InChI=1S/C9H13NS/c1-7-2-3-9-8(10-6-7)4-5-11-9/h4-5,7,10H,2-3,6H2,1H3. The van der Waals surface area contributed by atoms with Gasteiger partial charge in [-0.1, -0.05) is 6.92 Å². The van der Waals surface area contributed by atoms with Crippen molar-refractivity contribution in [2.45, 2.75) is 19.8 Å². The summed E-state index contributed by atoms with van der Waals surface area (Å²) in [5, 5.41) is 5.64. The number of aryl methyl sites for hydroxylation is 1. The molecule has 0 amide bonds. The SMILES string of the molecule is CC1CCc2sccc2NC1. The predicted octanol–water partition coefficient (Wildman–Crippen LogP) is 2.74. The maximum absolute atomic E-state index is 3.47. The fraction of sp³-hybridized carbons (Fsp3) is 0.556. The van der Waals surface area contributed by atoms with Gasteiger partial charge in [-0.25, -0.2) is 0 Å². The van der Waals surface area contributed by atoms with Gasteiger partial charge < -0.3 is 5.32 Å². The topological polar surface area (TPSA) is 12.0 Å². The minimum atomic E-state index is 0.828. The van der Waals surface area contributed by atoms with E-state index in [9.17, 15) is 0 Å². The maximum atomic E-state index is 3.47. The van der Waals surface area contributed by atoms with Crippen molar-refractivity contribution in [2.75, 3.05) is 11.9 Å². The van der Waals surface area contributed by atoms with Crippen LogP contribution in [-0.4, -0.2) is 6.54 Å². The summed E-state index contributed by atoms with van der Waals surface area (Å²) in [5.74, 6) is 0.828. The summed E-state index contributed by atoms with van der Waals surface area (Å²) in [6.45, 7) is 3.45. The highest BCUT2D eigenvalue weighted by molar-refractivity contribution is 7.10. The molecule has 2 rings (SSSR count). The number of fused-ring (bicyclic) bond motifs is 1. The molecule has 1 N–H and O–H groups in total. The van der Waals surface area contributed by atoms with Crippen molar-refractivity contribution in [1.82, 2.24) is 0 Å². The van der Waals surface area contributed by atoms with E-state index >= 15 is 0 Å². The zero-order valence-electron chi connectivity index (χ0n) is 6.76. The van der Waals surface area contributed by atoms with Crippen LogP contribution in [-0.2, 0) is 6.42 Å². The second kappa shape index (κ2) is 2.86. The van der Waals surface area contributed by atoms with Crippen molar-refractivity contribution < 1.29 is 0 Å². The van der Waals surface area contributed by atoms with Crippen molar-refractivity contribution in [1.29, 1.82) is 0 Å². The zero-order chi connectivity index (χ0) is 7.68. The zero-order valence-corrected chi connectivity index (χ0v) is 7.58. The van der Waals surface area contributed by atoms with E-state index < -0.39 is 0 Å². The summed E-state index contributed by atoms with van der Waals surface area (Å²) in [4.78, 5) is 1.54. The van der Waals surface area contributed by atoms with Crippen LogP contribution in [0, 0.1) is 5.92 Å². The average molecular weight is 167 g/mol. The number of anilines is 1. The first-order valence-electron chi connectivity index (χ1n) is 4.16. The van der Waals surface area contributed by atoms with Crippen LogP contribution in [0.4, 0.5) is 5.69 Å². The molecule has 0 spiro atoms. The van der Waals surface area contributed by atoms with Gasteiger partial charge in [0.25, 0.3) is 0 Å². The number of thiophene rings is 1. The van der Waals surface area contributed by atoms with Gasteiger partial charge in [0.05, 0.1) is 0 Å². The summed E-state index contributed by atoms with van der Waals surface area (Å²) in [6.07, 6.45) is 2.60. The molecule has 0 saturated carbocycles. The minimum absolute atomic E-state index is 0.828. The number of nitrogens with one attached hydrogen (secondary N) is 1. The van der Waals surface area contributed by atoms with E-state index in [-0.39, 0.29) is 0 Å². The molecule has 60 valence electrons. The molecule has 1 nitrogen and oxygen atoms in total. The minimum Gasteiger partial charge on any atom is -0.384 e. The first-order chi connectivity index (χ1) is 5.36. The van der Waals surface area contributed by atoms with Gasteiger partial charge in [0.1, 0.15) is 0 Å². The van der Waals surface area contributed by atoms with Crippen LogP contribution < -0.4 is 5.32 Å². The average Bonchev–Trinajstić information content (AvgIpc) is 2.38. The van der Waals surface area contributed by atoms with Crippen molar-refractivity contribution in [3.8, 4) is 0 Å². The quantitative estimate of drug-likeness (QED) is 0.626. The van der Waals surface area contributed by atoms with E-state index in [2.05, 4.69) is 23.7 Å². The third-order valence-electron chi connectivity index (χ3n) is 2.25. The van der Waals surface area contributed by atoms with Crippen LogP contribution in [0.25, 0.3) is 0 Å². The molecule has 1 aliphatic rings. The molecule has 0 bridgehead atoms. The third-order valence-corrected chi connectivity index (χ3v) is 3.23. The molecule has 2 heteroatoms. The molecule has 0 saturated heterocycles. The van der Waals surface area contributed by atoms with Crippen molar-refractivity contribution in [3.05, 3.63) is 16.3 Å². The van der Waals surface area contributed by atoms with E-state index in [4.69, 9.17) is 0 Å². The lowest BCUT2D eigenvalue weighted by Crippen LogP contribution is -2.07. The molecular formula is C9H13NS. The highest BCUT2D eigenvalue weighted by Crippen LogP contribution is 2.27. The molecule has 2 heterocycles. The Bertz CT molecular complexity index is 219. The van der Waals surface area contributed by atoms with Crippen molar-refractivity contribution >= 4 is 17.0 Å². The van der Waals surface area contributed by atoms with Crippen LogP contribution in [0.1, 0.15) is 18.2 Å². The summed E-state index contributed by atoms with van der Waals surface area (Å²) in [7, 11) is 0. The van der Waals surface area contributed by atoms with Gasteiger partial charge >= 0.3 is 0 Å². The number of hydrogen-bond donors (Lipinski definition) is 1. The molecule has 1 aromatic heterocycles. The van der Waals surface area contributed by atoms with E-state index in [0.29, 0.717) is 0 Å². The molecule has 0 radical (unpaired) electrons. The largest absolute Gasteiger partial charge is 0.384 e. The lowest BCUT2D eigenvalue weighted by Gasteiger charge is -2.06. The second-order valence-electron chi connectivity index (χ2n) is 3.28. The fourth-order valence-electron chi connectivity index (χ4n) is 1.46. The van der Waals surface area contributed by atoms with Crippen LogP contribution in [0.5, 0.6) is 0 Å². The highest BCUT2D eigenvalue weighted by Gasteiger charge is 2.11. The summed E-state index contributed by atoms with van der Waals surface area (Å²) >= 11 is 1.88. The maximum Gasteiger partial charge on any atom is 0.0481 e. The van der Waals surface area contributed by atoms with E-state index in [0.717, 1.165) is 12.5 Å². The van der Waals surface area contributed by atoms with Gasteiger partial charge in [-0.2, -0.15) is 0 Å². The molecule has 0 aromatic carbocycles. The van der Waals surface area contributed by atoms with Gasteiger partial charge in [-0.15, -0.1) is 11.3 Å². The smallest absolute Gasteiger partial charge is 0.0481 e. The van der Waals surface area contributed by atoms with E-state index in [1.165, 1.54) is 23.4 Å². The van der Waals surface area contributed by atoms with E-state index in [1.54, 1.807) is 0 Å². The van der Waals surface area contributed by atoms with E-state index in [1.807, 2.05) is 11.3 Å². The Morgan fingerprint density at radius 2 is 2.55 bits per heavy atom. The summed E-state index contributed by atoms with van der Waals surface area (Å²) in [6, 6.07) is 2.19. The molecular weight excluding hydrogens is 154 g/mol. The van der Waals surface area contributed by atoms with Gasteiger partial charge in [0, 0.05) is 17.1 Å². The monoisotopic (exact) mass is 167 g/mol. The Balaban J connectivity index is 2.20. The molecule has 11 heavy (non-hydrogen) atoms. The highest BCUT2D eigenvalue weighted by atomic mass is 32.1. The summed E-state index contributed by atoms with van der Waals surface area (Å²) in [5.41, 5.74) is 1.37. The first kappa shape index (κ1) is 7.17. The molecule has 1 unspecified atom stereocenters. The fourth-order valence-corrected chi connectivity index (χ4v) is 2.33. The molecule has 1 aliphatic heterocycles. The molecule has 1 atom stereocenters. The van der Waals surface area contributed by atoms with Gasteiger partial charge in [0.2, 0.25) is 0 Å². The lowest BCUT2D eigenvalue weighted by molar-refractivity contribution is 0.573. The first-order valence-corrected chi connectivity index (χ1v) is 5.04. The summed E-state index contributed by atoms with van der Waals surface area (Å²) < 4.78 is 0. The molecule has 1 aromatic rings. The normalized spacial score (nSPS) is 23.5. The predicted molar refractivity (Wildman–Crippen MR) is 50.3 cm³/mol. The second-order valence-corrected chi connectivity index (χ2v) is 4.28. The Morgan fingerprint density at radius 1 is 1.64 bits per heavy atom. The van der Waals surface area contributed by atoms with Gasteiger partial charge in [-0.05, 0) is 30.2 Å².